The number of anilines is 2. The van der Waals surface area contributed by atoms with Crippen LogP contribution in [0.1, 0.15) is 19.8 Å². The number of carbonyl (C=O) groups excluding carboxylic acids is 2. The van der Waals surface area contributed by atoms with Gasteiger partial charge in [-0.15, -0.1) is 0 Å². The van der Waals surface area contributed by atoms with Crippen molar-refractivity contribution in [1.82, 2.24) is 9.88 Å². The smallest absolute Gasteiger partial charge is 0.227 e. The SMILES string of the molecule is CC(=O)N1CCC(C(=O)Nc2ccc3nc(N4CCOCC4)sc3c2)CC1. The number of hydrogen-bond acceptors (Lipinski definition) is 6. The van der Waals surface area contributed by atoms with Crippen LogP contribution in [0.3, 0.4) is 0 Å². The second-order valence-corrected chi connectivity index (χ2v) is 8.06. The molecule has 2 aliphatic rings. The van der Waals surface area contributed by atoms with Crippen LogP contribution in [0, 0.1) is 5.92 Å². The molecule has 0 atom stereocenters. The number of hydrogen-bond donors (Lipinski definition) is 1. The minimum atomic E-state index is -0.0401. The average Bonchev–Trinajstić information content (AvgIpc) is 3.12. The molecule has 0 unspecified atom stereocenters. The highest BCUT2D eigenvalue weighted by molar-refractivity contribution is 7.22. The number of amides is 2. The maximum absolute atomic E-state index is 12.6. The van der Waals surface area contributed by atoms with E-state index in [2.05, 4.69) is 10.2 Å². The van der Waals surface area contributed by atoms with Gasteiger partial charge in [0.1, 0.15) is 0 Å². The van der Waals surface area contributed by atoms with Gasteiger partial charge in [-0.2, -0.15) is 0 Å². The van der Waals surface area contributed by atoms with Gasteiger partial charge in [-0.3, -0.25) is 9.59 Å². The molecule has 0 radical (unpaired) electrons. The molecule has 1 N–H and O–H groups in total. The third-order valence-electron chi connectivity index (χ3n) is 5.24. The van der Waals surface area contributed by atoms with Gasteiger partial charge in [0, 0.05) is 44.7 Å². The summed E-state index contributed by atoms with van der Waals surface area (Å²) in [6.07, 6.45) is 1.44. The lowest BCUT2D eigenvalue weighted by Gasteiger charge is -2.30. The van der Waals surface area contributed by atoms with E-state index in [0.717, 1.165) is 60.2 Å². The number of thiazole rings is 1. The molecule has 3 heterocycles. The number of aromatic nitrogens is 1. The number of ether oxygens (including phenoxy) is 1. The summed E-state index contributed by atoms with van der Waals surface area (Å²) in [6.45, 7) is 6.09. The molecule has 0 aliphatic carbocycles. The van der Waals surface area contributed by atoms with Crippen molar-refractivity contribution in [3.05, 3.63) is 18.2 Å². The molecule has 144 valence electrons. The fourth-order valence-electron chi connectivity index (χ4n) is 3.58. The van der Waals surface area contributed by atoms with E-state index < -0.39 is 0 Å². The quantitative estimate of drug-likeness (QED) is 0.874. The highest BCUT2D eigenvalue weighted by Crippen LogP contribution is 2.31. The number of likely N-dealkylation sites (tertiary alicyclic amines) is 1. The first kappa shape index (κ1) is 18.2. The van der Waals surface area contributed by atoms with E-state index in [1.54, 1.807) is 23.2 Å². The molecule has 2 fully saturated rings. The lowest BCUT2D eigenvalue weighted by Crippen LogP contribution is -2.40. The van der Waals surface area contributed by atoms with Gasteiger partial charge in [0.15, 0.2) is 5.13 Å². The van der Waals surface area contributed by atoms with Crippen LogP contribution in [0.5, 0.6) is 0 Å². The maximum Gasteiger partial charge on any atom is 0.227 e. The molecular weight excluding hydrogens is 364 g/mol. The van der Waals surface area contributed by atoms with Crippen LogP contribution in [-0.4, -0.2) is 61.1 Å². The first-order chi connectivity index (χ1) is 13.1. The molecular formula is C19H24N4O3S. The number of piperidine rings is 1. The largest absolute Gasteiger partial charge is 0.378 e. The summed E-state index contributed by atoms with van der Waals surface area (Å²) in [7, 11) is 0. The number of rotatable bonds is 3. The Morgan fingerprint density at radius 1 is 1.19 bits per heavy atom. The van der Waals surface area contributed by atoms with Crippen molar-refractivity contribution in [2.45, 2.75) is 19.8 Å². The Kier molecular flexibility index (Phi) is 5.27. The van der Waals surface area contributed by atoms with Crippen LogP contribution in [0.2, 0.25) is 0 Å². The second kappa shape index (κ2) is 7.82. The number of benzene rings is 1. The van der Waals surface area contributed by atoms with Gasteiger partial charge in [-0.1, -0.05) is 11.3 Å². The highest BCUT2D eigenvalue weighted by atomic mass is 32.1. The second-order valence-electron chi connectivity index (χ2n) is 7.05. The summed E-state index contributed by atoms with van der Waals surface area (Å²) in [6, 6.07) is 5.87. The number of nitrogens with one attached hydrogen (secondary N) is 1. The van der Waals surface area contributed by atoms with Crippen molar-refractivity contribution in [3.63, 3.8) is 0 Å². The van der Waals surface area contributed by atoms with Crippen molar-refractivity contribution in [2.75, 3.05) is 49.6 Å². The number of morpholine rings is 1. The molecule has 1 aromatic heterocycles. The van der Waals surface area contributed by atoms with Crippen LogP contribution >= 0.6 is 11.3 Å². The van der Waals surface area contributed by atoms with Gasteiger partial charge >= 0.3 is 0 Å². The standard InChI is InChI=1S/C19H24N4O3S/c1-13(24)22-6-4-14(5-7-22)18(25)20-15-2-3-16-17(12-15)27-19(21-16)23-8-10-26-11-9-23/h2-3,12,14H,4-11H2,1H3,(H,20,25). The zero-order valence-corrected chi connectivity index (χ0v) is 16.3. The Bertz CT molecular complexity index is 839. The molecule has 8 heteroatoms. The zero-order valence-electron chi connectivity index (χ0n) is 15.4. The average molecular weight is 388 g/mol. The number of carbonyl (C=O) groups is 2. The summed E-state index contributed by atoms with van der Waals surface area (Å²) in [5.74, 6) is 0.0812. The normalized spacial score (nSPS) is 18.7. The van der Waals surface area contributed by atoms with E-state index in [4.69, 9.17) is 9.72 Å². The molecule has 0 bridgehead atoms. The first-order valence-corrected chi connectivity index (χ1v) is 10.2. The van der Waals surface area contributed by atoms with E-state index in [0.29, 0.717) is 13.1 Å². The fourth-order valence-corrected chi connectivity index (χ4v) is 4.64. The monoisotopic (exact) mass is 388 g/mol. The highest BCUT2D eigenvalue weighted by Gasteiger charge is 2.26. The van der Waals surface area contributed by atoms with Crippen LogP contribution in [-0.2, 0) is 14.3 Å². The van der Waals surface area contributed by atoms with E-state index >= 15 is 0 Å². The van der Waals surface area contributed by atoms with Crippen molar-refractivity contribution in [2.24, 2.45) is 5.92 Å². The van der Waals surface area contributed by atoms with Crippen LogP contribution in [0.15, 0.2) is 18.2 Å². The Hall–Kier alpha value is -2.19. The molecule has 0 spiro atoms. The van der Waals surface area contributed by atoms with Crippen LogP contribution in [0.4, 0.5) is 10.8 Å². The van der Waals surface area contributed by atoms with Crippen molar-refractivity contribution < 1.29 is 14.3 Å². The van der Waals surface area contributed by atoms with Gasteiger partial charge in [0.05, 0.1) is 23.4 Å². The Balaban J connectivity index is 1.41. The van der Waals surface area contributed by atoms with Gasteiger partial charge in [0.2, 0.25) is 11.8 Å². The lowest BCUT2D eigenvalue weighted by molar-refractivity contribution is -0.132. The van der Waals surface area contributed by atoms with Gasteiger partial charge in [-0.25, -0.2) is 4.98 Å². The van der Waals surface area contributed by atoms with Crippen molar-refractivity contribution in [1.29, 1.82) is 0 Å². The minimum Gasteiger partial charge on any atom is -0.378 e. The molecule has 2 aromatic rings. The van der Waals surface area contributed by atoms with Crippen LogP contribution < -0.4 is 10.2 Å². The molecule has 2 amide bonds. The van der Waals surface area contributed by atoms with Gasteiger partial charge in [-0.05, 0) is 31.0 Å². The molecule has 1 aromatic carbocycles. The molecule has 27 heavy (non-hydrogen) atoms. The summed E-state index contributed by atoms with van der Waals surface area (Å²) >= 11 is 1.65. The van der Waals surface area contributed by atoms with Gasteiger partial charge in [0.25, 0.3) is 0 Å². The number of fused-ring (bicyclic) bond motifs is 1. The van der Waals surface area contributed by atoms with Crippen LogP contribution in [0.25, 0.3) is 10.2 Å². The third kappa shape index (κ3) is 4.06. The summed E-state index contributed by atoms with van der Waals surface area (Å²) in [4.78, 5) is 32.8. The Morgan fingerprint density at radius 3 is 2.63 bits per heavy atom. The zero-order chi connectivity index (χ0) is 18.8. The lowest BCUT2D eigenvalue weighted by atomic mass is 9.96. The summed E-state index contributed by atoms with van der Waals surface area (Å²) in [5, 5.41) is 4.05. The number of nitrogens with zero attached hydrogens (tertiary/aromatic N) is 3. The van der Waals surface area contributed by atoms with E-state index in [-0.39, 0.29) is 17.7 Å². The topological polar surface area (TPSA) is 74.8 Å². The Morgan fingerprint density at radius 2 is 1.93 bits per heavy atom. The van der Waals surface area contributed by atoms with E-state index in [9.17, 15) is 9.59 Å². The predicted molar refractivity (Wildman–Crippen MR) is 106 cm³/mol. The van der Waals surface area contributed by atoms with Gasteiger partial charge < -0.3 is 19.9 Å². The predicted octanol–water partition coefficient (Wildman–Crippen LogP) is 2.33. The molecule has 0 saturated carbocycles. The first-order valence-electron chi connectivity index (χ1n) is 9.40. The Labute approximate surface area is 162 Å². The molecule has 2 saturated heterocycles. The summed E-state index contributed by atoms with van der Waals surface area (Å²) in [5.41, 5.74) is 1.76. The molecule has 2 aliphatic heterocycles. The van der Waals surface area contributed by atoms with Crippen molar-refractivity contribution >= 4 is 44.2 Å². The van der Waals surface area contributed by atoms with E-state index in [1.165, 1.54) is 0 Å². The molecule has 4 rings (SSSR count). The minimum absolute atomic E-state index is 0.0375. The summed E-state index contributed by atoms with van der Waals surface area (Å²) < 4.78 is 6.47. The fraction of sp³-hybridized carbons (Fsp3) is 0.526. The third-order valence-corrected chi connectivity index (χ3v) is 6.32. The molecule has 7 nitrogen and oxygen atoms in total. The van der Waals surface area contributed by atoms with Crippen molar-refractivity contribution in [3.8, 4) is 0 Å². The van der Waals surface area contributed by atoms with E-state index in [1.807, 2.05) is 18.2 Å². The maximum atomic E-state index is 12.6.